The van der Waals surface area contributed by atoms with Crippen molar-refractivity contribution in [2.45, 2.75) is 65.8 Å². The third-order valence-electron chi connectivity index (χ3n) is 4.32. The summed E-state index contributed by atoms with van der Waals surface area (Å²) in [5.74, 6) is 0. The van der Waals surface area contributed by atoms with E-state index in [1.807, 2.05) is 0 Å². The lowest BCUT2D eigenvalue weighted by Gasteiger charge is -2.39. The molecule has 0 fully saturated rings. The van der Waals surface area contributed by atoms with Crippen molar-refractivity contribution in [1.82, 2.24) is 0 Å². The van der Waals surface area contributed by atoms with E-state index in [0.717, 1.165) is 0 Å². The molecule has 0 aromatic heterocycles. The van der Waals surface area contributed by atoms with Crippen LogP contribution in [-0.2, 0) is 6.54 Å². The second-order valence-electron chi connectivity index (χ2n) is 6.50. The van der Waals surface area contributed by atoms with Crippen LogP contribution >= 0.6 is 0 Å². The molecule has 2 N–H and O–H groups in total. The zero-order chi connectivity index (χ0) is 18.3. The molecule has 0 amide bonds. The van der Waals surface area contributed by atoms with Gasteiger partial charge in [0.1, 0.15) is 6.54 Å². The van der Waals surface area contributed by atoms with Crippen molar-refractivity contribution in [2.24, 2.45) is 0 Å². The molecule has 0 saturated carbocycles. The van der Waals surface area contributed by atoms with Crippen LogP contribution in [0.2, 0.25) is 0 Å². The normalized spacial score (nSPS) is 10.8. The van der Waals surface area contributed by atoms with Gasteiger partial charge >= 0.3 is 6.16 Å². The maximum atomic E-state index is 8.56. The van der Waals surface area contributed by atoms with E-state index in [1.165, 1.54) is 74.8 Å². The lowest BCUT2D eigenvalue weighted by Crippen LogP contribution is -2.49. The van der Waals surface area contributed by atoms with Gasteiger partial charge in [0.25, 0.3) is 0 Å². The van der Waals surface area contributed by atoms with E-state index in [4.69, 9.17) is 15.0 Å². The van der Waals surface area contributed by atoms with E-state index in [2.05, 4.69) is 51.1 Å². The number of hydrogen-bond donors (Lipinski definition) is 2. The van der Waals surface area contributed by atoms with Gasteiger partial charge in [-0.3, -0.25) is 0 Å². The van der Waals surface area contributed by atoms with Crippen LogP contribution in [0.4, 0.5) is 4.79 Å². The Kier molecular flexibility index (Phi) is 13.0. The molecule has 0 aliphatic rings. The monoisotopic (exact) mass is 338 g/mol. The summed E-state index contributed by atoms with van der Waals surface area (Å²) in [6.07, 6.45) is 6.19. The zero-order valence-electron chi connectivity index (χ0n) is 15.7. The van der Waals surface area contributed by atoms with Crippen LogP contribution < -0.4 is 0 Å². The van der Waals surface area contributed by atoms with Crippen LogP contribution in [0, 0.1) is 0 Å². The Labute approximate surface area is 147 Å². The van der Waals surface area contributed by atoms with Gasteiger partial charge in [-0.05, 0) is 19.3 Å². The molecule has 0 aliphatic carbocycles. The predicted molar refractivity (Wildman–Crippen MR) is 100 cm³/mol. The SMILES string of the molecule is CCCC[N+](CCCC)(CCCC)Cc1ccccc1.O=C(O)O. The second-order valence-corrected chi connectivity index (χ2v) is 6.50. The molecule has 0 atom stereocenters. The Morgan fingerprint density at radius 3 is 1.54 bits per heavy atom. The van der Waals surface area contributed by atoms with Crippen LogP contribution in [0.3, 0.4) is 0 Å². The highest BCUT2D eigenvalue weighted by atomic mass is 16.6. The molecule has 1 aromatic carbocycles. The predicted octanol–water partition coefficient (Wildman–Crippen LogP) is 5.63. The molecular weight excluding hydrogens is 302 g/mol. The summed E-state index contributed by atoms with van der Waals surface area (Å²) in [4.78, 5) is 8.56. The fourth-order valence-electron chi connectivity index (χ4n) is 3.02. The minimum atomic E-state index is -1.83. The molecular formula is C20H36NO3+. The minimum absolute atomic E-state index is 1.22. The van der Waals surface area contributed by atoms with E-state index in [9.17, 15) is 0 Å². The largest absolute Gasteiger partial charge is 0.503 e. The Morgan fingerprint density at radius 1 is 0.833 bits per heavy atom. The molecule has 1 rings (SSSR count). The van der Waals surface area contributed by atoms with Crippen LogP contribution in [0.5, 0.6) is 0 Å². The first-order valence-corrected chi connectivity index (χ1v) is 9.30. The van der Waals surface area contributed by atoms with Gasteiger partial charge in [0, 0.05) is 5.56 Å². The van der Waals surface area contributed by atoms with Gasteiger partial charge in [-0.2, -0.15) is 0 Å². The Bertz CT molecular complexity index is 394. The number of benzene rings is 1. The van der Waals surface area contributed by atoms with Crippen molar-refractivity contribution in [3.63, 3.8) is 0 Å². The number of carbonyl (C=O) groups is 1. The van der Waals surface area contributed by atoms with Gasteiger partial charge in [-0.25, -0.2) is 4.79 Å². The van der Waals surface area contributed by atoms with Crippen molar-refractivity contribution in [3.05, 3.63) is 35.9 Å². The summed E-state index contributed by atoms with van der Waals surface area (Å²) >= 11 is 0. The van der Waals surface area contributed by atoms with E-state index in [-0.39, 0.29) is 0 Å². The van der Waals surface area contributed by atoms with Gasteiger partial charge in [0.15, 0.2) is 0 Å². The van der Waals surface area contributed by atoms with Crippen molar-refractivity contribution in [2.75, 3.05) is 19.6 Å². The minimum Gasteiger partial charge on any atom is -0.450 e. The number of nitrogens with zero attached hydrogens (tertiary/aromatic N) is 1. The zero-order valence-corrected chi connectivity index (χ0v) is 15.7. The first-order chi connectivity index (χ1) is 11.5. The fourth-order valence-corrected chi connectivity index (χ4v) is 3.02. The Hall–Kier alpha value is -1.55. The summed E-state index contributed by atoms with van der Waals surface area (Å²) in [7, 11) is 0. The molecule has 4 heteroatoms. The summed E-state index contributed by atoms with van der Waals surface area (Å²) in [6.45, 7) is 12.2. The van der Waals surface area contributed by atoms with Crippen LogP contribution in [0.1, 0.15) is 64.9 Å². The first-order valence-electron chi connectivity index (χ1n) is 9.30. The molecule has 0 unspecified atom stereocenters. The summed E-state index contributed by atoms with van der Waals surface area (Å²) in [5, 5.41) is 13.9. The number of unbranched alkanes of at least 4 members (excludes halogenated alkanes) is 3. The number of carboxylic acid groups (broad SMARTS) is 2. The second kappa shape index (κ2) is 13.8. The molecule has 0 spiro atoms. The van der Waals surface area contributed by atoms with Crippen LogP contribution in [0.25, 0.3) is 0 Å². The average Bonchev–Trinajstić information content (AvgIpc) is 2.56. The highest BCUT2D eigenvalue weighted by Crippen LogP contribution is 2.19. The van der Waals surface area contributed by atoms with Gasteiger partial charge in [-0.1, -0.05) is 70.4 Å². The topological polar surface area (TPSA) is 57.5 Å². The molecule has 0 heterocycles. The van der Waals surface area contributed by atoms with Crippen molar-refractivity contribution in [3.8, 4) is 0 Å². The summed E-state index contributed by atoms with van der Waals surface area (Å²) < 4.78 is 1.31. The van der Waals surface area contributed by atoms with Crippen LogP contribution in [0.15, 0.2) is 30.3 Å². The van der Waals surface area contributed by atoms with Gasteiger partial charge < -0.3 is 14.7 Å². The van der Waals surface area contributed by atoms with Crippen molar-refractivity contribution in [1.29, 1.82) is 0 Å². The van der Waals surface area contributed by atoms with Crippen LogP contribution in [-0.4, -0.2) is 40.5 Å². The van der Waals surface area contributed by atoms with E-state index < -0.39 is 6.16 Å². The molecule has 0 aliphatic heterocycles. The summed E-state index contributed by atoms with van der Waals surface area (Å²) in [5.41, 5.74) is 1.51. The quantitative estimate of drug-likeness (QED) is 0.514. The maximum Gasteiger partial charge on any atom is 0.503 e. The first kappa shape index (κ1) is 22.4. The lowest BCUT2D eigenvalue weighted by atomic mass is 10.1. The Morgan fingerprint density at radius 2 is 1.21 bits per heavy atom. The van der Waals surface area contributed by atoms with Gasteiger partial charge in [-0.15, -0.1) is 0 Å². The molecule has 24 heavy (non-hydrogen) atoms. The fraction of sp³-hybridized carbons (Fsp3) is 0.650. The highest BCUT2D eigenvalue weighted by molar-refractivity contribution is 5.53. The summed E-state index contributed by atoms with van der Waals surface area (Å²) in [6, 6.07) is 11.1. The third kappa shape index (κ3) is 11.1. The molecule has 4 nitrogen and oxygen atoms in total. The maximum absolute atomic E-state index is 8.56. The van der Waals surface area contributed by atoms with Gasteiger partial charge in [0.05, 0.1) is 19.6 Å². The molecule has 138 valence electrons. The average molecular weight is 339 g/mol. The van der Waals surface area contributed by atoms with Gasteiger partial charge in [0.2, 0.25) is 0 Å². The van der Waals surface area contributed by atoms with E-state index >= 15 is 0 Å². The lowest BCUT2D eigenvalue weighted by molar-refractivity contribution is -0.941. The smallest absolute Gasteiger partial charge is 0.450 e. The highest BCUT2D eigenvalue weighted by Gasteiger charge is 2.25. The molecule has 0 saturated heterocycles. The van der Waals surface area contributed by atoms with Crippen molar-refractivity contribution >= 4 is 6.16 Å². The molecule has 0 bridgehead atoms. The third-order valence-corrected chi connectivity index (χ3v) is 4.32. The standard InChI is InChI=1S/C19H34N.CH2O3/c1-4-7-15-20(16-8-5-2,17-9-6-3)18-19-13-11-10-12-14-19;2-1(3)4/h10-14H,4-9,15-18H2,1-3H3;(H2,2,3,4)/q+1;. The molecule has 1 aromatic rings. The number of quaternary nitrogens is 1. The number of hydrogen-bond acceptors (Lipinski definition) is 1. The Balaban J connectivity index is 0.00000118. The van der Waals surface area contributed by atoms with Crippen molar-refractivity contribution < 1.29 is 19.5 Å². The van der Waals surface area contributed by atoms with E-state index in [0.29, 0.717) is 0 Å². The number of rotatable bonds is 11. The molecule has 0 radical (unpaired) electrons. The van der Waals surface area contributed by atoms with E-state index in [1.54, 1.807) is 0 Å².